The van der Waals surface area contributed by atoms with E-state index in [0.29, 0.717) is 0 Å². The first kappa shape index (κ1) is 12.8. The number of nitrogens with two attached hydrogens (primary N) is 1. The van der Waals surface area contributed by atoms with E-state index in [1.165, 1.54) is 36.0 Å². The molecule has 0 amide bonds. The smallest absolute Gasteiger partial charge is 0.0947 e. The van der Waals surface area contributed by atoms with Crippen molar-refractivity contribution in [2.24, 2.45) is 5.84 Å². The largest absolute Gasteiger partial charge is 0.271 e. The van der Waals surface area contributed by atoms with Crippen LogP contribution in [0.2, 0.25) is 0 Å². The molecule has 2 aromatic rings. The average molecular weight is 273 g/mol. The van der Waals surface area contributed by atoms with Gasteiger partial charge in [0, 0.05) is 17.5 Å². The molecule has 1 aromatic carbocycles. The van der Waals surface area contributed by atoms with Crippen LogP contribution >= 0.6 is 11.3 Å². The molecule has 0 spiro atoms. The van der Waals surface area contributed by atoms with E-state index in [2.05, 4.69) is 34.0 Å². The van der Waals surface area contributed by atoms with Gasteiger partial charge in [0.05, 0.1) is 11.0 Å². The molecule has 0 saturated carbocycles. The van der Waals surface area contributed by atoms with E-state index >= 15 is 0 Å². The highest BCUT2D eigenvalue weighted by Crippen LogP contribution is 2.27. The van der Waals surface area contributed by atoms with Crippen molar-refractivity contribution in [2.45, 2.75) is 38.6 Å². The molecule has 4 heteroatoms. The molecular weight excluding hydrogens is 254 g/mol. The second-order valence-electron chi connectivity index (χ2n) is 5.19. The first-order valence-corrected chi connectivity index (χ1v) is 7.63. The minimum absolute atomic E-state index is 0.149. The van der Waals surface area contributed by atoms with Crippen LogP contribution in [-0.4, -0.2) is 4.98 Å². The van der Waals surface area contributed by atoms with Gasteiger partial charge in [-0.05, 0) is 42.9 Å². The molecule has 0 radical (unpaired) electrons. The number of thiazole rings is 1. The third-order valence-electron chi connectivity index (χ3n) is 3.77. The lowest BCUT2D eigenvalue weighted by Crippen LogP contribution is -2.29. The van der Waals surface area contributed by atoms with Crippen LogP contribution in [0.15, 0.2) is 23.6 Å². The van der Waals surface area contributed by atoms with Gasteiger partial charge in [0.1, 0.15) is 0 Å². The highest BCUT2D eigenvalue weighted by molar-refractivity contribution is 7.09. The molecule has 1 aliphatic rings. The number of benzene rings is 1. The fraction of sp³-hybridized carbons (Fsp3) is 0.400. The molecule has 1 aliphatic carbocycles. The third-order valence-corrected chi connectivity index (χ3v) is 4.76. The monoisotopic (exact) mass is 273 g/mol. The number of rotatable bonds is 4. The van der Waals surface area contributed by atoms with Gasteiger partial charge in [0.15, 0.2) is 0 Å². The molecule has 0 saturated heterocycles. The Morgan fingerprint density at radius 3 is 2.95 bits per heavy atom. The quantitative estimate of drug-likeness (QED) is 0.665. The predicted octanol–water partition coefficient (Wildman–Crippen LogP) is 2.69. The van der Waals surface area contributed by atoms with Crippen molar-refractivity contribution in [1.82, 2.24) is 10.4 Å². The topological polar surface area (TPSA) is 50.9 Å². The Balaban J connectivity index is 1.82. The highest BCUT2D eigenvalue weighted by atomic mass is 32.1. The molecule has 1 heterocycles. The molecule has 0 bridgehead atoms. The number of fused-ring (bicyclic) bond motifs is 1. The average Bonchev–Trinajstić information content (AvgIpc) is 3.03. The first-order chi connectivity index (χ1) is 9.26. The van der Waals surface area contributed by atoms with Gasteiger partial charge in [0.25, 0.3) is 0 Å². The fourth-order valence-electron chi connectivity index (χ4n) is 2.75. The molecule has 100 valence electrons. The lowest BCUT2D eigenvalue weighted by Gasteiger charge is -2.16. The summed E-state index contributed by atoms with van der Waals surface area (Å²) in [5, 5.41) is 3.23. The Morgan fingerprint density at radius 1 is 1.37 bits per heavy atom. The molecular formula is C15H19N3S. The summed E-state index contributed by atoms with van der Waals surface area (Å²) in [7, 11) is 0. The van der Waals surface area contributed by atoms with Crippen molar-refractivity contribution in [1.29, 1.82) is 0 Å². The molecule has 0 aliphatic heterocycles. The van der Waals surface area contributed by atoms with Crippen LogP contribution in [-0.2, 0) is 19.3 Å². The summed E-state index contributed by atoms with van der Waals surface area (Å²) in [5.41, 5.74) is 8.29. The summed E-state index contributed by atoms with van der Waals surface area (Å²) in [6, 6.07) is 6.92. The minimum atomic E-state index is 0.149. The van der Waals surface area contributed by atoms with Crippen LogP contribution in [0, 0.1) is 6.92 Å². The summed E-state index contributed by atoms with van der Waals surface area (Å²) < 4.78 is 0. The van der Waals surface area contributed by atoms with Gasteiger partial charge < -0.3 is 0 Å². The summed E-state index contributed by atoms with van der Waals surface area (Å²) in [5.74, 6) is 5.73. The van der Waals surface area contributed by atoms with Crippen LogP contribution in [0.3, 0.4) is 0 Å². The van der Waals surface area contributed by atoms with E-state index < -0.39 is 0 Å². The van der Waals surface area contributed by atoms with Crippen molar-refractivity contribution >= 4 is 11.3 Å². The number of aryl methyl sites for hydroxylation is 3. The van der Waals surface area contributed by atoms with Gasteiger partial charge in [-0.3, -0.25) is 11.3 Å². The number of hydrogen-bond acceptors (Lipinski definition) is 4. The molecule has 19 heavy (non-hydrogen) atoms. The van der Waals surface area contributed by atoms with E-state index in [9.17, 15) is 0 Å². The zero-order valence-corrected chi connectivity index (χ0v) is 12.0. The molecule has 1 aromatic heterocycles. The van der Waals surface area contributed by atoms with Gasteiger partial charge in [0.2, 0.25) is 0 Å². The van der Waals surface area contributed by atoms with Crippen molar-refractivity contribution in [2.75, 3.05) is 0 Å². The Morgan fingerprint density at radius 2 is 2.21 bits per heavy atom. The molecule has 3 rings (SSSR count). The van der Waals surface area contributed by atoms with E-state index in [-0.39, 0.29) is 6.04 Å². The summed E-state index contributed by atoms with van der Waals surface area (Å²) in [4.78, 5) is 4.52. The SMILES string of the molecule is Cc1csc(CC(NN)c2ccc3c(c2)CCC3)n1. The second-order valence-corrected chi connectivity index (χ2v) is 6.13. The Hall–Kier alpha value is -1.23. The maximum atomic E-state index is 5.73. The van der Waals surface area contributed by atoms with Crippen LogP contribution < -0.4 is 11.3 Å². The number of aromatic nitrogens is 1. The maximum Gasteiger partial charge on any atom is 0.0947 e. The zero-order valence-electron chi connectivity index (χ0n) is 11.1. The standard InChI is InChI=1S/C15H19N3S/c1-10-9-19-15(17-10)8-14(18-16)13-6-5-11-3-2-4-12(11)7-13/h5-7,9,14,18H,2-4,8,16H2,1H3. The fourth-order valence-corrected chi connectivity index (χ4v) is 3.57. The molecule has 3 N–H and O–H groups in total. The van der Waals surface area contributed by atoms with Crippen molar-refractivity contribution in [3.8, 4) is 0 Å². The van der Waals surface area contributed by atoms with Crippen LogP contribution in [0.4, 0.5) is 0 Å². The van der Waals surface area contributed by atoms with E-state index in [1.54, 1.807) is 11.3 Å². The van der Waals surface area contributed by atoms with Crippen molar-refractivity contribution in [3.05, 3.63) is 51.0 Å². The zero-order chi connectivity index (χ0) is 13.2. The van der Waals surface area contributed by atoms with Gasteiger partial charge >= 0.3 is 0 Å². The number of hydrogen-bond donors (Lipinski definition) is 2. The van der Waals surface area contributed by atoms with Gasteiger partial charge in [-0.25, -0.2) is 4.98 Å². The van der Waals surface area contributed by atoms with Crippen LogP contribution in [0.5, 0.6) is 0 Å². The second kappa shape index (κ2) is 5.41. The first-order valence-electron chi connectivity index (χ1n) is 6.75. The number of nitrogens with zero attached hydrogens (tertiary/aromatic N) is 1. The number of nitrogens with one attached hydrogen (secondary N) is 1. The predicted molar refractivity (Wildman–Crippen MR) is 79.1 cm³/mol. The molecule has 1 unspecified atom stereocenters. The van der Waals surface area contributed by atoms with E-state index in [0.717, 1.165) is 17.1 Å². The third kappa shape index (κ3) is 2.71. The minimum Gasteiger partial charge on any atom is -0.271 e. The van der Waals surface area contributed by atoms with Gasteiger partial charge in [-0.1, -0.05) is 18.2 Å². The van der Waals surface area contributed by atoms with Gasteiger partial charge in [-0.15, -0.1) is 11.3 Å². The van der Waals surface area contributed by atoms with Crippen LogP contribution in [0.25, 0.3) is 0 Å². The summed E-state index contributed by atoms with van der Waals surface area (Å²) >= 11 is 1.71. The number of hydrazine groups is 1. The summed E-state index contributed by atoms with van der Waals surface area (Å²) in [6.07, 6.45) is 4.57. The van der Waals surface area contributed by atoms with Crippen molar-refractivity contribution in [3.63, 3.8) is 0 Å². The summed E-state index contributed by atoms with van der Waals surface area (Å²) in [6.45, 7) is 2.03. The lowest BCUT2D eigenvalue weighted by molar-refractivity contribution is 0.550. The Labute approximate surface area is 117 Å². The maximum absolute atomic E-state index is 5.73. The lowest BCUT2D eigenvalue weighted by atomic mass is 9.99. The normalized spacial score (nSPS) is 15.5. The molecule has 1 atom stereocenters. The van der Waals surface area contributed by atoms with E-state index in [4.69, 9.17) is 5.84 Å². The molecule has 3 nitrogen and oxygen atoms in total. The van der Waals surface area contributed by atoms with Crippen molar-refractivity contribution < 1.29 is 0 Å². The van der Waals surface area contributed by atoms with Crippen LogP contribution in [0.1, 0.15) is 39.9 Å². The van der Waals surface area contributed by atoms with Gasteiger partial charge in [-0.2, -0.15) is 0 Å². The highest BCUT2D eigenvalue weighted by Gasteiger charge is 2.16. The molecule has 0 fully saturated rings. The van der Waals surface area contributed by atoms with E-state index in [1.807, 2.05) is 6.92 Å². The Bertz CT molecular complexity index is 577. The Kier molecular flexibility index (Phi) is 3.64.